The zero-order chi connectivity index (χ0) is 12.1. The zero-order valence-corrected chi connectivity index (χ0v) is 10.9. The van der Waals surface area contributed by atoms with E-state index in [-0.39, 0.29) is 6.61 Å². The van der Waals surface area contributed by atoms with Gasteiger partial charge in [0.25, 0.3) is 0 Å². The van der Waals surface area contributed by atoms with Crippen LogP contribution in [-0.4, -0.2) is 38.1 Å². The second kappa shape index (κ2) is 6.72. The first-order valence-corrected chi connectivity index (χ1v) is 7.07. The SMILES string of the molecule is CC1CCC2CC(COCCOCCO)C1C2. The highest BCUT2D eigenvalue weighted by atomic mass is 16.5. The first-order chi connectivity index (χ1) is 8.31. The fraction of sp³-hybridized carbons (Fsp3) is 1.00. The summed E-state index contributed by atoms with van der Waals surface area (Å²) in [5.41, 5.74) is 0. The van der Waals surface area contributed by atoms with Gasteiger partial charge >= 0.3 is 0 Å². The van der Waals surface area contributed by atoms with Crippen LogP contribution in [0.25, 0.3) is 0 Å². The quantitative estimate of drug-likeness (QED) is 0.695. The molecule has 2 aliphatic rings. The van der Waals surface area contributed by atoms with Gasteiger partial charge in [-0.2, -0.15) is 0 Å². The van der Waals surface area contributed by atoms with Crippen LogP contribution >= 0.6 is 0 Å². The van der Waals surface area contributed by atoms with Crippen molar-refractivity contribution in [1.29, 1.82) is 0 Å². The average molecular weight is 242 g/mol. The molecule has 0 saturated heterocycles. The lowest BCUT2D eigenvalue weighted by Gasteiger charge is -2.28. The van der Waals surface area contributed by atoms with Crippen LogP contribution in [0.3, 0.4) is 0 Å². The van der Waals surface area contributed by atoms with Crippen LogP contribution in [0.15, 0.2) is 0 Å². The summed E-state index contributed by atoms with van der Waals surface area (Å²) in [4.78, 5) is 0. The predicted molar refractivity (Wildman–Crippen MR) is 66.8 cm³/mol. The Balaban J connectivity index is 1.60. The molecule has 2 aliphatic carbocycles. The van der Waals surface area contributed by atoms with E-state index >= 15 is 0 Å². The molecule has 2 rings (SSSR count). The van der Waals surface area contributed by atoms with Crippen LogP contribution in [0.4, 0.5) is 0 Å². The summed E-state index contributed by atoms with van der Waals surface area (Å²) in [6.45, 7) is 5.12. The summed E-state index contributed by atoms with van der Waals surface area (Å²) in [7, 11) is 0. The van der Waals surface area contributed by atoms with E-state index in [0.717, 1.165) is 30.3 Å². The molecule has 2 saturated carbocycles. The van der Waals surface area contributed by atoms with E-state index in [1.807, 2.05) is 0 Å². The molecule has 0 aliphatic heterocycles. The Bertz CT molecular complexity index is 220. The molecule has 100 valence electrons. The van der Waals surface area contributed by atoms with E-state index in [0.29, 0.717) is 19.8 Å². The summed E-state index contributed by atoms with van der Waals surface area (Å²) in [5.74, 6) is 3.57. The first-order valence-electron chi connectivity index (χ1n) is 7.07. The molecule has 0 spiro atoms. The molecule has 1 N–H and O–H groups in total. The summed E-state index contributed by atoms with van der Waals surface area (Å²) >= 11 is 0. The normalized spacial score (nSPS) is 36.4. The smallest absolute Gasteiger partial charge is 0.0701 e. The van der Waals surface area contributed by atoms with Gasteiger partial charge in [-0.15, -0.1) is 0 Å². The molecule has 4 atom stereocenters. The Labute approximate surface area is 104 Å². The monoisotopic (exact) mass is 242 g/mol. The van der Waals surface area contributed by atoms with E-state index in [4.69, 9.17) is 14.6 Å². The molecule has 3 heteroatoms. The number of hydrogen-bond donors (Lipinski definition) is 1. The molecule has 0 heterocycles. The third kappa shape index (κ3) is 3.67. The lowest BCUT2D eigenvalue weighted by atomic mass is 9.79. The van der Waals surface area contributed by atoms with Crippen molar-refractivity contribution in [2.45, 2.75) is 32.6 Å². The van der Waals surface area contributed by atoms with Gasteiger partial charge in [-0.25, -0.2) is 0 Å². The minimum atomic E-state index is 0.101. The van der Waals surface area contributed by atoms with Crippen LogP contribution in [-0.2, 0) is 9.47 Å². The van der Waals surface area contributed by atoms with Gasteiger partial charge in [0.1, 0.15) is 0 Å². The van der Waals surface area contributed by atoms with Crippen molar-refractivity contribution >= 4 is 0 Å². The Kier molecular flexibility index (Phi) is 5.26. The Morgan fingerprint density at radius 1 is 1.06 bits per heavy atom. The highest BCUT2D eigenvalue weighted by Crippen LogP contribution is 2.48. The molecular weight excluding hydrogens is 216 g/mol. The Morgan fingerprint density at radius 3 is 2.71 bits per heavy atom. The zero-order valence-electron chi connectivity index (χ0n) is 10.9. The van der Waals surface area contributed by atoms with Crippen LogP contribution in [0.2, 0.25) is 0 Å². The highest BCUT2D eigenvalue weighted by Gasteiger charge is 2.40. The second-order valence-corrected chi connectivity index (χ2v) is 5.73. The summed E-state index contributed by atoms with van der Waals surface area (Å²) in [5, 5.41) is 8.56. The molecule has 0 aromatic rings. The van der Waals surface area contributed by atoms with E-state index in [1.54, 1.807) is 0 Å². The predicted octanol–water partition coefficient (Wildman–Crippen LogP) is 2.08. The molecule has 0 amide bonds. The molecule has 0 aromatic heterocycles. The van der Waals surface area contributed by atoms with Crippen LogP contribution < -0.4 is 0 Å². The van der Waals surface area contributed by atoms with Gasteiger partial charge in [-0.3, -0.25) is 0 Å². The van der Waals surface area contributed by atoms with Crippen molar-refractivity contribution in [3.63, 3.8) is 0 Å². The lowest BCUT2D eigenvalue weighted by Crippen LogP contribution is -2.22. The minimum absolute atomic E-state index is 0.101. The number of ether oxygens (including phenoxy) is 2. The summed E-state index contributed by atoms with van der Waals surface area (Å²) in [6, 6.07) is 0. The molecule has 2 bridgehead atoms. The molecule has 0 radical (unpaired) electrons. The van der Waals surface area contributed by atoms with Crippen LogP contribution in [0.5, 0.6) is 0 Å². The van der Waals surface area contributed by atoms with Gasteiger partial charge in [-0.1, -0.05) is 19.8 Å². The molecule has 3 nitrogen and oxygen atoms in total. The highest BCUT2D eigenvalue weighted by molar-refractivity contribution is 4.90. The van der Waals surface area contributed by atoms with Gasteiger partial charge in [0, 0.05) is 6.61 Å². The number of hydrogen-bond acceptors (Lipinski definition) is 3. The van der Waals surface area contributed by atoms with Crippen molar-refractivity contribution in [2.24, 2.45) is 23.7 Å². The number of fused-ring (bicyclic) bond motifs is 2. The Hall–Kier alpha value is -0.120. The van der Waals surface area contributed by atoms with E-state index in [1.165, 1.54) is 25.7 Å². The van der Waals surface area contributed by atoms with Crippen LogP contribution in [0.1, 0.15) is 32.6 Å². The van der Waals surface area contributed by atoms with Crippen molar-refractivity contribution in [3.05, 3.63) is 0 Å². The van der Waals surface area contributed by atoms with E-state index < -0.39 is 0 Å². The average Bonchev–Trinajstić information content (AvgIpc) is 2.68. The maximum atomic E-state index is 8.56. The third-order valence-electron chi connectivity index (χ3n) is 4.55. The fourth-order valence-electron chi connectivity index (χ4n) is 3.63. The van der Waals surface area contributed by atoms with E-state index in [2.05, 4.69) is 6.92 Å². The van der Waals surface area contributed by atoms with Gasteiger partial charge in [0.05, 0.1) is 26.4 Å². The van der Waals surface area contributed by atoms with Crippen molar-refractivity contribution in [1.82, 2.24) is 0 Å². The minimum Gasteiger partial charge on any atom is -0.394 e. The largest absolute Gasteiger partial charge is 0.394 e. The van der Waals surface area contributed by atoms with Gasteiger partial charge in [-0.05, 0) is 36.5 Å². The topological polar surface area (TPSA) is 38.7 Å². The van der Waals surface area contributed by atoms with Gasteiger partial charge in [0.15, 0.2) is 0 Å². The summed E-state index contributed by atoms with van der Waals surface area (Å²) < 4.78 is 10.9. The Morgan fingerprint density at radius 2 is 1.88 bits per heavy atom. The number of aliphatic hydroxyl groups excluding tert-OH is 1. The van der Waals surface area contributed by atoms with Crippen molar-refractivity contribution in [3.8, 4) is 0 Å². The molecular formula is C14H26O3. The van der Waals surface area contributed by atoms with Crippen LogP contribution in [0, 0.1) is 23.7 Å². The number of aliphatic hydroxyl groups is 1. The molecule has 4 unspecified atom stereocenters. The first kappa shape index (κ1) is 13.3. The second-order valence-electron chi connectivity index (χ2n) is 5.73. The standard InChI is InChI=1S/C14H26O3/c1-11-2-3-12-8-13(14(11)9-12)10-17-7-6-16-5-4-15/h11-15H,2-10H2,1H3. The number of rotatable bonds is 7. The summed E-state index contributed by atoms with van der Waals surface area (Å²) in [6.07, 6.45) is 5.68. The van der Waals surface area contributed by atoms with Gasteiger partial charge < -0.3 is 14.6 Å². The van der Waals surface area contributed by atoms with Gasteiger partial charge in [0.2, 0.25) is 0 Å². The fourth-order valence-corrected chi connectivity index (χ4v) is 3.63. The maximum Gasteiger partial charge on any atom is 0.0701 e. The van der Waals surface area contributed by atoms with Crippen molar-refractivity contribution < 1.29 is 14.6 Å². The van der Waals surface area contributed by atoms with E-state index in [9.17, 15) is 0 Å². The third-order valence-corrected chi connectivity index (χ3v) is 4.55. The molecule has 2 fully saturated rings. The lowest BCUT2D eigenvalue weighted by molar-refractivity contribution is 0.0144. The maximum absolute atomic E-state index is 8.56. The van der Waals surface area contributed by atoms with Crippen molar-refractivity contribution in [2.75, 3.05) is 33.0 Å². The molecule has 0 aromatic carbocycles. The molecule has 17 heavy (non-hydrogen) atoms.